The highest BCUT2D eigenvalue weighted by molar-refractivity contribution is 5.37. The third-order valence-electron chi connectivity index (χ3n) is 2.38. The molecule has 0 aliphatic heterocycles. The molecule has 0 amide bonds. The second kappa shape index (κ2) is 2.75. The van der Waals surface area contributed by atoms with Crippen LogP contribution in [0.2, 0.25) is 0 Å². The first-order valence-electron chi connectivity index (χ1n) is 4.01. The Balaban J connectivity index is 2.57. The van der Waals surface area contributed by atoms with Gasteiger partial charge in [0, 0.05) is 12.5 Å². The van der Waals surface area contributed by atoms with Gasteiger partial charge in [0.05, 0.1) is 12.1 Å². The van der Waals surface area contributed by atoms with Crippen LogP contribution in [0.25, 0.3) is 0 Å². The molecule has 0 heterocycles. The molecule has 70 valence electrons. The average Bonchev–Trinajstić information content (AvgIpc) is 2.32. The van der Waals surface area contributed by atoms with Crippen LogP contribution in [0.4, 0.5) is 8.78 Å². The first kappa shape index (κ1) is 8.59. The van der Waals surface area contributed by atoms with E-state index in [2.05, 4.69) is 0 Å². The molecule has 0 saturated heterocycles. The largest absolute Gasteiger partial charge is 0.391 e. The number of hydrogen-bond acceptors (Lipinski definition) is 2. The molecule has 2 atom stereocenters. The van der Waals surface area contributed by atoms with E-state index in [0.29, 0.717) is 11.1 Å². The third kappa shape index (κ3) is 1.22. The quantitative estimate of drug-likeness (QED) is 0.630. The number of rotatable bonds is 0. The van der Waals surface area contributed by atoms with Gasteiger partial charge in [-0.05, 0) is 17.2 Å². The fraction of sp³-hybridized carbons (Fsp3) is 0.333. The standard InChI is InChI=1S/C9H9F2NO/c10-4-1-6-5(7(11)2-4)3-8(13)9(6)12/h1-2,8-9,13H,3,12H2/t8-,9-/m1/s1. The van der Waals surface area contributed by atoms with Crippen molar-refractivity contribution in [1.29, 1.82) is 0 Å². The summed E-state index contributed by atoms with van der Waals surface area (Å²) in [6.45, 7) is 0. The van der Waals surface area contributed by atoms with Crippen LogP contribution in [0.3, 0.4) is 0 Å². The maximum Gasteiger partial charge on any atom is 0.129 e. The lowest BCUT2D eigenvalue weighted by Gasteiger charge is -2.08. The second-order valence-corrected chi connectivity index (χ2v) is 3.25. The van der Waals surface area contributed by atoms with E-state index in [1.807, 2.05) is 0 Å². The summed E-state index contributed by atoms with van der Waals surface area (Å²) in [5.41, 5.74) is 6.26. The lowest BCUT2D eigenvalue weighted by molar-refractivity contribution is 0.158. The maximum atomic E-state index is 13.1. The van der Waals surface area contributed by atoms with Gasteiger partial charge >= 0.3 is 0 Å². The zero-order valence-corrected chi connectivity index (χ0v) is 6.80. The van der Waals surface area contributed by atoms with Crippen molar-refractivity contribution >= 4 is 0 Å². The van der Waals surface area contributed by atoms with Crippen molar-refractivity contribution < 1.29 is 13.9 Å². The third-order valence-corrected chi connectivity index (χ3v) is 2.38. The first-order valence-corrected chi connectivity index (χ1v) is 4.01. The van der Waals surface area contributed by atoms with Crippen molar-refractivity contribution in [3.8, 4) is 0 Å². The lowest BCUT2D eigenvalue weighted by atomic mass is 10.1. The first-order chi connectivity index (χ1) is 6.09. The molecule has 2 nitrogen and oxygen atoms in total. The number of nitrogens with two attached hydrogens (primary N) is 1. The van der Waals surface area contributed by atoms with Gasteiger partial charge in [-0.2, -0.15) is 0 Å². The van der Waals surface area contributed by atoms with Gasteiger partial charge in [0.25, 0.3) is 0 Å². The van der Waals surface area contributed by atoms with E-state index >= 15 is 0 Å². The SMILES string of the molecule is N[C@@H]1c2cc(F)cc(F)c2C[C@H]1O. The molecule has 4 heteroatoms. The Hall–Kier alpha value is -1.00. The van der Waals surface area contributed by atoms with Crippen molar-refractivity contribution in [3.63, 3.8) is 0 Å². The van der Waals surface area contributed by atoms with Gasteiger partial charge < -0.3 is 10.8 Å². The zero-order valence-electron chi connectivity index (χ0n) is 6.80. The topological polar surface area (TPSA) is 46.2 Å². The second-order valence-electron chi connectivity index (χ2n) is 3.25. The minimum atomic E-state index is -0.800. The minimum absolute atomic E-state index is 0.169. The van der Waals surface area contributed by atoms with Crippen molar-refractivity contribution in [2.24, 2.45) is 5.73 Å². The Morgan fingerprint density at radius 1 is 1.38 bits per heavy atom. The minimum Gasteiger partial charge on any atom is -0.391 e. The van der Waals surface area contributed by atoms with E-state index < -0.39 is 23.8 Å². The molecule has 3 N–H and O–H groups in total. The van der Waals surface area contributed by atoms with Gasteiger partial charge in [0.15, 0.2) is 0 Å². The molecule has 0 radical (unpaired) electrons. The highest BCUT2D eigenvalue weighted by Crippen LogP contribution is 2.31. The van der Waals surface area contributed by atoms with E-state index in [-0.39, 0.29) is 6.42 Å². The maximum absolute atomic E-state index is 13.1. The van der Waals surface area contributed by atoms with Crippen LogP contribution in [0.5, 0.6) is 0 Å². The Bertz CT molecular complexity index is 354. The van der Waals surface area contributed by atoms with Crippen LogP contribution in [0.1, 0.15) is 17.2 Å². The van der Waals surface area contributed by atoms with E-state index in [0.717, 1.165) is 6.07 Å². The van der Waals surface area contributed by atoms with E-state index in [1.165, 1.54) is 6.07 Å². The van der Waals surface area contributed by atoms with Gasteiger partial charge in [-0.15, -0.1) is 0 Å². The van der Waals surface area contributed by atoms with Crippen LogP contribution in [-0.4, -0.2) is 11.2 Å². The summed E-state index contributed by atoms with van der Waals surface area (Å²) in [7, 11) is 0. The van der Waals surface area contributed by atoms with Crippen LogP contribution in [-0.2, 0) is 6.42 Å². The molecule has 0 bridgehead atoms. The molecular formula is C9H9F2NO. The van der Waals surface area contributed by atoms with Gasteiger partial charge in [-0.3, -0.25) is 0 Å². The summed E-state index contributed by atoms with van der Waals surface area (Å²) in [5.74, 6) is -1.28. The molecule has 0 aromatic heterocycles. The average molecular weight is 185 g/mol. The summed E-state index contributed by atoms with van der Waals surface area (Å²) in [4.78, 5) is 0. The van der Waals surface area contributed by atoms with Crippen LogP contribution in [0.15, 0.2) is 12.1 Å². The van der Waals surface area contributed by atoms with Gasteiger partial charge in [-0.1, -0.05) is 0 Å². The summed E-state index contributed by atoms with van der Waals surface area (Å²) < 4.78 is 25.8. The summed E-state index contributed by atoms with van der Waals surface area (Å²) in [6.07, 6.45) is -0.630. The Labute approximate surface area is 74.0 Å². The number of hydrogen-bond donors (Lipinski definition) is 2. The van der Waals surface area contributed by atoms with E-state index in [1.54, 1.807) is 0 Å². The predicted molar refractivity (Wildman–Crippen MR) is 43.0 cm³/mol. The summed E-state index contributed by atoms with van der Waals surface area (Å²) >= 11 is 0. The highest BCUT2D eigenvalue weighted by atomic mass is 19.1. The van der Waals surface area contributed by atoms with E-state index in [4.69, 9.17) is 5.73 Å². The molecule has 0 fully saturated rings. The monoisotopic (exact) mass is 185 g/mol. The Morgan fingerprint density at radius 2 is 2.08 bits per heavy atom. The van der Waals surface area contributed by atoms with Gasteiger partial charge in [-0.25, -0.2) is 8.78 Å². The molecule has 1 aromatic rings. The summed E-state index contributed by atoms with van der Waals surface area (Å²) in [6, 6.07) is 1.32. The van der Waals surface area contributed by atoms with Crippen LogP contribution < -0.4 is 5.73 Å². The molecule has 13 heavy (non-hydrogen) atoms. The van der Waals surface area contributed by atoms with Crippen LogP contribution in [0, 0.1) is 11.6 Å². The number of aliphatic hydroxyl groups excluding tert-OH is 1. The van der Waals surface area contributed by atoms with Gasteiger partial charge in [0.2, 0.25) is 0 Å². The molecule has 1 aliphatic rings. The Morgan fingerprint density at radius 3 is 2.77 bits per heavy atom. The lowest BCUT2D eigenvalue weighted by Crippen LogP contribution is -2.21. The smallest absolute Gasteiger partial charge is 0.129 e. The molecule has 0 saturated carbocycles. The molecule has 1 aliphatic carbocycles. The molecule has 1 aromatic carbocycles. The molecule has 0 spiro atoms. The summed E-state index contributed by atoms with van der Waals surface area (Å²) in [5, 5.41) is 9.32. The normalized spacial score (nSPS) is 26.2. The predicted octanol–water partition coefficient (Wildman–Crippen LogP) is 0.882. The van der Waals surface area contributed by atoms with Gasteiger partial charge in [0.1, 0.15) is 11.6 Å². The molecule has 2 rings (SSSR count). The van der Waals surface area contributed by atoms with Crippen molar-refractivity contribution in [3.05, 3.63) is 34.9 Å². The van der Waals surface area contributed by atoms with Crippen molar-refractivity contribution in [2.75, 3.05) is 0 Å². The molecular weight excluding hydrogens is 176 g/mol. The van der Waals surface area contributed by atoms with Crippen molar-refractivity contribution in [1.82, 2.24) is 0 Å². The highest BCUT2D eigenvalue weighted by Gasteiger charge is 2.30. The fourth-order valence-corrected chi connectivity index (χ4v) is 1.68. The van der Waals surface area contributed by atoms with Crippen molar-refractivity contribution in [2.45, 2.75) is 18.6 Å². The van der Waals surface area contributed by atoms with Crippen LogP contribution >= 0.6 is 0 Å². The Kier molecular flexibility index (Phi) is 1.82. The van der Waals surface area contributed by atoms with E-state index in [9.17, 15) is 13.9 Å². The number of fused-ring (bicyclic) bond motifs is 1. The number of halogens is 2. The zero-order chi connectivity index (χ0) is 9.59. The fourth-order valence-electron chi connectivity index (χ4n) is 1.68. The molecule has 0 unspecified atom stereocenters. The number of benzene rings is 1. The number of aliphatic hydroxyl groups is 1.